The van der Waals surface area contributed by atoms with Crippen LogP contribution in [-0.2, 0) is 5.54 Å². The van der Waals surface area contributed by atoms with E-state index in [1.54, 1.807) is 19.1 Å². The zero-order valence-corrected chi connectivity index (χ0v) is 17.6. The number of alkyl halides is 2. The Balaban J connectivity index is 1.94. The summed E-state index contributed by atoms with van der Waals surface area (Å²) < 4.78 is 54.0. The van der Waals surface area contributed by atoms with Crippen LogP contribution in [0.4, 0.5) is 17.6 Å². The van der Waals surface area contributed by atoms with Gasteiger partial charge in [-0.05, 0) is 52.7 Å². The molecule has 0 saturated carbocycles. The van der Waals surface area contributed by atoms with E-state index in [1.165, 1.54) is 30.6 Å². The van der Waals surface area contributed by atoms with Crippen molar-refractivity contribution in [3.05, 3.63) is 97.6 Å². The van der Waals surface area contributed by atoms with Gasteiger partial charge in [-0.25, -0.2) is 23.1 Å². The van der Waals surface area contributed by atoms with Crippen LogP contribution < -0.4 is 10.9 Å². The molecular weight excluding hydrogens is 480 g/mol. The number of aromatic amines is 1. The zero-order valence-electron chi connectivity index (χ0n) is 16.0. The highest BCUT2D eigenvalue weighted by Gasteiger charge is 2.45. The highest BCUT2D eigenvalue weighted by atomic mass is 79.9. The van der Waals surface area contributed by atoms with Crippen LogP contribution in [0.3, 0.4) is 0 Å². The van der Waals surface area contributed by atoms with Crippen molar-refractivity contribution in [2.24, 2.45) is 4.99 Å². The number of nitrogens with one attached hydrogen (secondary N) is 2. The topological polar surface area (TPSA) is 70.1 Å². The van der Waals surface area contributed by atoms with Gasteiger partial charge in [0.05, 0.1) is 16.1 Å². The molecule has 0 spiro atoms. The number of halogens is 5. The van der Waals surface area contributed by atoms with E-state index in [-0.39, 0.29) is 15.9 Å². The van der Waals surface area contributed by atoms with Gasteiger partial charge < -0.3 is 10.3 Å². The second-order valence-electron chi connectivity index (χ2n) is 7.06. The Labute approximate surface area is 182 Å². The van der Waals surface area contributed by atoms with Crippen molar-refractivity contribution >= 4 is 21.8 Å². The largest absolute Gasteiger partial charge is 0.364 e. The second-order valence-corrected chi connectivity index (χ2v) is 7.92. The second kappa shape index (κ2) is 7.92. The summed E-state index contributed by atoms with van der Waals surface area (Å²) in [4.78, 5) is 22.5. The average molecular weight is 495 g/mol. The number of amidine groups is 1. The Morgan fingerprint density at radius 3 is 2.52 bits per heavy atom. The molecule has 160 valence electrons. The fourth-order valence-electron chi connectivity index (χ4n) is 3.69. The molecule has 3 aromatic rings. The molecule has 2 atom stereocenters. The van der Waals surface area contributed by atoms with Crippen LogP contribution in [0.25, 0.3) is 0 Å². The van der Waals surface area contributed by atoms with Crippen LogP contribution in [0.2, 0.25) is 0 Å². The molecule has 0 amide bonds. The Kier molecular flexibility index (Phi) is 5.42. The van der Waals surface area contributed by atoms with Crippen molar-refractivity contribution in [1.29, 1.82) is 0 Å². The maximum Gasteiger partial charge on any atom is 0.269 e. The Hall–Kier alpha value is -3.01. The number of H-pyrrole nitrogens is 1. The number of rotatable bonds is 4. The molecule has 0 aliphatic carbocycles. The van der Waals surface area contributed by atoms with Gasteiger partial charge in [-0.15, -0.1) is 0 Å². The summed E-state index contributed by atoms with van der Waals surface area (Å²) in [6.07, 6.45) is -0.344. The predicted octanol–water partition coefficient (Wildman–Crippen LogP) is 4.43. The standard InChI is InChI=1S/C21H15BrF4N4O/c1-10-21(13-3-5-17(24)27-9-13,12-2-4-16(23)15(22)7-12)30-19(29-10)11-6-14(18(25)26)20(31)28-8-11/h2-10,18H,1H3,(H,28,31)(H,29,30)/t10-,21-/m0/s1. The molecule has 0 radical (unpaired) electrons. The van der Waals surface area contributed by atoms with Crippen molar-refractivity contribution in [3.8, 4) is 0 Å². The molecule has 0 bridgehead atoms. The van der Waals surface area contributed by atoms with Gasteiger partial charge in [0.1, 0.15) is 17.2 Å². The normalized spacial score (nSPS) is 20.6. The highest BCUT2D eigenvalue weighted by Crippen LogP contribution is 2.41. The monoisotopic (exact) mass is 494 g/mol. The predicted molar refractivity (Wildman–Crippen MR) is 110 cm³/mol. The van der Waals surface area contributed by atoms with E-state index in [9.17, 15) is 22.4 Å². The highest BCUT2D eigenvalue weighted by molar-refractivity contribution is 9.10. The SMILES string of the molecule is C[C@@H]1NC(c2c[nH]c(=O)c(C(F)F)c2)=N[C@]1(c1ccc(F)nc1)c1ccc(F)c(Br)c1. The first-order valence-corrected chi connectivity index (χ1v) is 9.96. The molecule has 31 heavy (non-hydrogen) atoms. The molecule has 1 aliphatic heterocycles. The number of pyridine rings is 2. The molecule has 0 unspecified atom stereocenters. The van der Waals surface area contributed by atoms with Crippen molar-refractivity contribution in [3.63, 3.8) is 0 Å². The van der Waals surface area contributed by atoms with Gasteiger partial charge in [-0.2, -0.15) is 4.39 Å². The third kappa shape index (κ3) is 3.65. The molecule has 1 aromatic carbocycles. The fourth-order valence-corrected chi connectivity index (χ4v) is 4.07. The first kappa shape index (κ1) is 21.2. The molecule has 4 rings (SSSR count). The van der Waals surface area contributed by atoms with Crippen LogP contribution in [0, 0.1) is 11.8 Å². The summed E-state index contributed by atoms with van der Waals surface area (Å²) in [5.41, 5.74) is -1.39. The summed E-state index contributed by atoms with van der Waals surface area (Å²) in [5, 5.41) is 3.14. The Morgan fingerprint density at radius 2 is 1.87 bits per heavy atom. The van der Waals surface area contributed by atoms with E-state index in [4.69, 9.17) is 4.99 Å². The van der Waals surface area contributed by atoms with Crippen molar-refractivity contribution in [2.45, 2.75) is 24.9 Å². The lowest BCUT2D eigenvalue weighted by atomic mass is 9.79. The van der Waals surface area contributed by atoms with Gasteiger partial charge in [0.25, 0.3) is 12.0 Å². The minimum absolute atomic E-state index is 0.208. The van der Waals surface area contributed by atoms with Crippen molar-refractivity contribution in [1.82, 2.24) is 15.3 Å². The number of hydrogen-bond donors (Lipinski definition) is 2. The van der Waals surface area contributed by atoms with Gasteiger partial charge in [0.15, 0.2) is 0 Å². The first-order chi connectivity index (χ1) is 14.7. The first-order valence-electron chi connectivity index (χ1n) is 9.17. The smallest absolute Gasteiger partial charge is 0.269 e. The number of benzene rings is 1. The molecule has 1 aliphatic rings. The van der Waals surface area contributed by atoms with E-state index < -0.39 is 40.9 Å². The minimum Gasteiger partial charge on any atom is -0.364 e. The van der Waals surface area contributed by atoms with Crippen LogP contribution in [0.5, 0.6) is 0 Å². The van der Waals surface area contributed by atoms with E-state index in [0.717, 1.165) is 6.07 Å². The minimum atomic E-state index is -2.96. The van der Waals surface area contributed by atoms with Gasteiger partial charge >= 0.3 is 0 Å². The Bertz CT molecular complexity index is 1230. The molecule has 3 heterocycles. The van der Waals surface area contributed by atoms with Crippen molar-refractivity contribution in [2.75, 3.05) is 0 Å². The van der Waals surface area contributed by atoms with Gasteiger partial charge in [0, 0.05) is 23.5 Å². The number of aliphatic imine (C=N–C) groups is 1. The third-order valence-electron chi connectivity index (χ3n) is 5.24. The summed E-state index contributed by atoms with van der Waals surface area (Å²) in [6, 6.07) is 7.70. The van der Waals surface area contributed by atoms with Crippen LogP contribution in [0.15, 0.2) is 63.1 Å². The quantitative estimate of drug-likeness (QED) is 0.416. The van der Waals surface area contributed by atoms with E-state index in [0.29, 0.717) is 11.1 Å². The van der Waals surface area contributed by atoms with Gasteiger partial charge in [0.2, 0.25) is 5.95 Å². The maximum absolute atomic E-state index is 13.9. The summed E-state index contributed by atoms with van der Waals surface area (Å²) in [6.45, 7) is 1.80. The van der Waals surface area contributed by atoms with Crippen LogP contribution in [-0.4, -0.2) is 21.8 Å². The zero-order chi connectivity index (χ0) is 22.3. The molecule has 2 N–H and O–H groups in total. The molecular formula is C21H15BrF4N4O. The van der Waals surface area contributed by atoms with E-state index >= 15 is 0 Å². The maximum atomic E-state index is 13.9. The number of nitrogens with zero attached hydrogens (tertiary/aromatic N) is 2. The molecule has 2 aromatic heterocycles. The van der Waals surface area contributed by atoms with Crippen LogP contribution in [0.1, 0.15) is 35.6 Å². The van der Waals surface area contributed by atoms with Crippen LogP contribution >= 0.6 is 15.9 Å². The average Bonchev–Trinajstić information content (AvgIpc) is 3.09. The number of aromatic nitrogens is 2. The lowest BCUT2D eigenvalue weighted by molar-refractivity contribution is 0.149. The fraction of sp³-hybridized carbons (Fsp3) is 0.190. The third-order valence-corrected chi connectivity index (χ3v) is 5.84. The molecule has 0 saturated heterocycles. The molecule has 0 fully saturated rings. The van der Waals surface area contributed by atoms with E-state index in [2.05, 4.69) is 31.2 Å². The van der Waals surface area contributed by atoms with Crippen molar-refractivity contribution < 1.29 is 17.6 Å². The van der Waals surface area contributed by atoms with E-state index in [1.807, 2.05) is 0 Å². The Morgan fingerprint density at radius 1 is 1.13 bits per heavy atom. The lowest BCUT2D eigenvalue weighted by Crippen LogP contribution is -2.41. The lowest BCUT2D eigenvalue weighted by Gasteiger charge is -2.31. The number of hydrogen-bond acceptors (Lipinski definition) is 4. The summed E-state index contributed by atoms with van der Waals surface area (Å²) >= 11 is 3.17. The molecule has 10 heteroatoms. The van der Waals surface area contributed by atoms with Gasteiger partial charge in [-0.3, -0.25) is 4.79 Å². The van der Waals surface area contributed by atoms with Gasteiger partial charge in [-0.1, -0.05) is 12.1 Å². The summed E-state index contributed by atoms with van der Waals surface area (Å²) in [5.74, 6) is -0.902. The summed E-state index contributed by atoms with van der Waals surface area (Å²) in [7, 11) is 0. The molecule has 5 nitrogen and oxygen atoms in total.